The van der Waals surface area contributed by atoms with Gasteiger partial charge in [-0.05, 0) is 36.5 Å². The first-order valence-electron chi connectivity index (χ1n) is 7.56. The maximum absolute atomic E-state index is 5.91. The van der Waals surface area contributed by atoms with Gasteiger partial charge in [-0.1, -0.05) is 18.2 Å². The predicted molar refractivity (Wildman–Crippen MR) is 84.4 cm³/mol. The summed E-state index contributed by atoms with van der Waals surface area (Å²) in [7, 11) is 0. The lowest BCUT2D eigenvalue weighted by Crippen LogP contribution is -2.45. The molecule has 2 aromatic rings. The van der Waals surface area contributed by atoms with Crippen LogP contribution in [-0.4, -0.2) is 27.6 Å². The van der Waals surface area contributed by atoms with E-state index in [9.17, 15) is 0 Å². The van der Waals surface area contributed by atoms with E-state index in [1.165, 1.54) is 16.7 Å². The second-order valence-corrected chi connectivity index (χ2v) is 6.06. The average molecular weight is 294 g/mol. The molecule has 0 unspecified atom stereocenters. The van der Waals surface area contributed by atoms with Crippen LogP contribution in [-0.2, 0) is 17.6 Å². The van der Waals surface area contributed by atoms with Crippen LogP contribution >= 0.6 is 0 Å². The SMILES string of the molecule is C[C@@H]1N=C(N)O[C@]12CCc1c(cccc1-c1cncnc1)C2. The minimum atomic E-state index is -0.275. The number of aromatic nitrogens is 2. The van der Waals surface area contributed by atoms with E-state index in [4.69, 9.17) is 10.5 Å². The molecule has 4 rings (SSSR count). The first-order chi connectivity index (χ1) is 10.7. The molecule has 1 aliphatic carbocycles. The third-order valence-corrected chi connectivity index (χ3v) is 4.82. The fraction of sp³-hybridized carbons (Fsp3) is 0.353. The molecule has 1 aromatic carbocycles. The van der Waals surface area contributed by atoms with E-state index in [0.717, 1.165) is 24.8 Å². The van der Waals surface area contributed by atoms with Crippen LogP contribution in [0, 0.1) is 0 Å². The Balaban J connectivity index is 1.74. The van der Waals surface area contributed by atoms with Gasteiger partial charge in [-0.3, -0.25) is 0 Å². The van der Waals surface area contributed by atoms with Gasteiger partial charge < -0.3 is 10.5 Å². The highest BCUT2D eigenvalue weighted by Gasteiger charge is 2.46. The highest BCUT2D eigenvalue weighted by molar-refractivity contribution is 5.75. The summed E-state index contributed by atoms with van der Waals surface area (Å²) in [6, 6.07) is 6.82. The molecule has 5 heteroatoms. The molecule has 2 N–H and O–H groups in total. The normalized spacial score (nSPS) is 26.4. The predicted octanol–water partition coefficient (Wildman–Crippen LogP) is 2.10. The van der Waals surface area contributed by atoms with Crippen molar-refractivity contribution >= 4 is 6.02 Å². The number of benzene rings is 1. The van der Waals surface area contributed by atoms with Crippen LogP contribution in [0.4, 0.5) is 0 Å². The molecule has 2 heterocycles. The molecule has 0 saturated heterocycles. The molecule has 22 heavy (non-hydrogen) atoms. The Morgan fingerprint density at radius 3 is 2.82 bits per heavy atom. The molecule has 0 fully saturated rings. The lowest BCUT2D eigenvalue weighted by Gasteiger charge is -2.37. The first kappa shape index (κ1) is 13.2. The summed E-state index contributed by atoms with van der Waals surface area (Å²) in [4.78, 5) is 12.6. The zero-order valence-electron chi connectivity index (χ0n) is 12.5. The summed E-state index contributed by atoms with van der Waals surface area (Å²) < 4.78 is 5.91. The summed E-state index contributed by atoms with van der Waals surface area (Å²) in [5, 5.41) is 0. The molecule has 0 saturated carbocycles. The molecule has 1 spiro atoms. The molecule has 5 nitrogen and oxygen atoms in total. The Kier molecular flexibility index (Phi) is 2.89. The number of nitrogens with two attached hydrogens (primary N) is 1. The second-order valence-electron chi connectivity index (χ2n) is 6.06. The van der Waals surface area contributed by atoms with Crippen molar-refractivity contribution in [2.45, 2.75) is 37.8 Å². The quantitative estimate of drug-likeness (QED) is 0.874. The molecular weight excluding hydrogens is 276 g/mol. The average Bonchev–Trinajstić information content (AvgIpc) is 2.80. The van der Waals surface area contributed by atoms with E-state index < -0.39 is 0 Å². The van der Waals surface area contributed by atoms with E-state index in [1.54, 1.807) is 6.33 Å². The molecule has 0 bridgehead atoms. The van der Waals surface area contributed by atoms with E-state index in [0.29, 0.717) is 6.02 Å². The van der Waals surface area contributed by atoms with Gasteiger partial charge in [-0.2, -0.15) is 0 Å². The van der Waals surface area contributed by atoms with Crippen molar-refractivity contribution in [1.29, 1.82) is 0 Å². The third kappa shape index (κ3) is 1.96. The summed E-state index contributed by atoms with van der Waals surface area (Å²) in [6.45, 7) is 2.08. The molecule has 1 aromatic heterocycles. The van der Waals surface area contributed by atoms with E-state index in [-0.39, 0.29) is 11.6 Å². The Bertz CT molecular complexity index is 744. The number of nitrogens with zero attached hydrogens (tertiary/aromatic N) is 3. The minimum absolute atomic E-state index is 0.101. The van der Waals surface area contributed by atoms with Crippen LogP contribution in [0.25, 0.3) is 11.1 Å². The smallest absolute Gasteiger partial charge is 0.282 e. The molecule has 0 radical (unpaired) electrons. The summed E-state index contributed by atoms with van der Waals surface area (Å²) in [5.74, 6) is 0. The lowest BCUT2D eigenvalue weighted by atomic mass is 9.75. The van der Waals surface area contributed by atoms with E-state index >= 15 is 0 Å². The van der Waals surface area contributed by atoms with Gasteiger partial charge in [-0.25, -0.2) is 15.0 Å². The van der Waals surface area contributed by atoms with Crippen molar-refractivity contribution in [3.63, 3.8) is 0 Å². The zero-order valence-corrected chi connectivity index (χ0v) is 12.5. The Morgan fingerprint density at radius 1 is 1.27 bits per heavy atom. The summed E-state index contributed by atoms with van der Waals surface area (Å²) in [6.07, 6.45) is 8.01. The number of ether oxygens (including phenoxy) is 1. The van der Waals surface area contributed by atoms with Crippen LogP contribution < -0.4 is 5.73 Å². The Hall–Kier alpha value is -2.43. The number of hydrogen-bond donors (Lipinski definition) is 1. The van der Waals surface area contributed by atoms with Crippen LogP contribution in [0.2, 0.25) is 0 Å². The van der Waals surface area contributed by atoms with Crippen molar-refractivity contribution in [2.24, 2.45) is 10.7 Å². The van der Waals surface area contributed by atoms with Gasteiger partial charge >= 0.3 is 0 Å². The molecule has 112 valence electrons. The first-order valence-corrected chi connectivity index (χ1v) is 7.56. The van der Waals surface area contributed by atoms with Crippen molar-refractivity contribution in [3.05, 3.63) is 48.0 Å². The fourth-order valence-corrected chi connectivity index (χ4v) is 3.62. The number of fused-ring (bicyclic) bond motifs is 1. The van der Waals surface area contributed by atoms with Crippen molar-refractivity contribution in [2.75, 3.05) is 0 Å². The van der Waals surface area contributed by atoms with Gasteiger partial charge in [0.05, 0.1) is 6.04 Å². The molecule has 0 amide bonds. The van der Waals surface area contributed by atoms with Crippen LogP contribution in [0.1, 0.15) is 24.5 Å². The number of amidine groups is 1. The maximum Gasteiger partial charge on any atom is 0.282 e. The largest absolute Gasteiger partial charge is 0.456 e. The molecule has 2 aliphatic rings. The highest BCUT2D eigenvalue weighted by atomic mass is 16.5. The van der Waals surface area contributed by atoms with Gasteiger partial charge in [0.25, 0.3) is 6.02 Å². The van der Waals surface area contributed by atoms with Crippen LogP contribution in [0.15, 0.2) is 41.9 Å². The number of aliphatic imine (C=N–C) groups is 1. The zero-order chi connectivity index (χ0) is 15.2. The Morgan fingerprint density at radius 2 is 2.09 bits per heavy atom. The van der Waals surface area contributed by atoms with Gasteiger partial charge in [-0.15, -0.1) is 0 Å². The van der Waals surface area contributed by atoms with Gasteiger partial charge in [0.15, 0.2) is 0 Å². The number of hydrogen-bond acceptors (Lipinski definition) is 5. The Labute approximate surface area is 129 Å². The second kappa shape index (κ2) is 4.80. The fourth-order valence-electron chi connectivity index (χ4n) is 3.62. The monoisotopic (exact) mass is 294 g/mol. The van der Waals surface area contributed by atoms with Crippen LogP contribution in [0.5, 0.6) is 0 Å². The third-order valence-electron chi connectivity index (χ3n) is 4.82. The van der Waals surface area contributed by atoms with Gasteiger partial charge in [0, 0.05) is 24.4 Å². The number of rotatable bonds is 1. The molecular formula is C17H18N4O. The van der Waals surface area contributed by atoms with Crippen LogP contribution in [0.3, 0.4) is 0 Å². The summed E-state index contributed by atoms with van der Waals surface area (Å²) >= 11 is 0. The van der Waals surface area contributed by atoms with Crippen molar-refractivity contribution < 1.29 is 4.74 Å². The van der Waals surface area contributed by atoms with Gasteiger partial charge in [0.2, 0.25) is 0 Å². The van der Waals surface area contributed by atoms with E-state index in [2.05, 4.69) is 40.1 Å². The van der Waals surface area contributed by atoms with Crippen molar-refractivity contribution in [3.8, 4) is 11.1 Å². The summed E-state index contributed by atoms with van der Waals surface area (Å²) in [5.41, 5.74) is 10.5. The van der Waals surface area contributed by atoms with Gasteiger partial charge in [0.1, 0.15) is 11.9 Å². The van der Waals surface area contributed by atoms with E-state index in [1.807, 2.05) is 12.4 Å². The topological polar surface area (TPSA) is 73.4 Å². The lowest BCUT2D eigenvalue weighted by molar-refractivity contribution is 0.0448. The standard InChI is InChI=1S/C17H18N4O/c1-11-17(22-16(18)21-11)6-5-15-12(7-17)3-2-4-14(15)13-8-19-10-20-9-13/h2-4,8-11H,5-7H2,1H3,(H2,18,21)/t11-,17-/m0/s1. The minimum Gasteiger partial charge on any atom is -0.456 e. The molecule has 2 atom stereocenters. The maximum atomic E-state index is 5.91. The highest BCUT2D eigenvalue weighted by Crippen LogP contribution is 2.41. The van der Waals surface area contributed by atoms with Crippen molar-refractivity contribution in [1.82, 2.24) is 9.97 Å². The molecule has 1 aliphatic heterocycles.